The zero-order valence-electron chi connectivity index (χ0n) is 8.28. The molecule has 0 fully saturated rings. The van der Waals surface area contributed by atoms with E-state index in [1.54, 1.807) is 0 Å². The Hall–Kier alpha value is -0.780. The lowest BCUT2D eigenvalue weighted by atomic mass is 10.1. The third kappa shape index (κ3) is 6.39. The topological polar surface area (TPSA) is 0 Å². The van der Waals surface area contributed by atoms with Gasteiger partial charge in [0.05, 0.1) is 0 Å². The van der Waals surface area contributed by atoms with Crippen LogP contribution in [0.15, 0.2) is 36.5 Å². The van der Waals surface area contributed by atoms with E-state index in [2.05, 4.69) is 42.9 Å². The third-order valence-electron chi connectivity index (χ3n) is 2.13. The smallest absolute Gasteiger partial charge is 0.0316 e. The SMILES string of the molecule is [CH]1CC=CC=CCCCC=CCC1. The summed E-state index contributed by atoms with van der Waals surface area (Å²) >= 11 is 0. The highest BCUT2D eigenvalue weighted by Gasteiger charge is 1.85. The van der Waals surface area contributed by atoms with Crippen molar-refractivity contribution in [2.45, 2.75) is 38.5 Å². The maximum absolute atomic E-state index is 2.34. The molecule has 0 aromatic carbocycles. The van der Waals surface area contributed by atoms with Crippen LogP contribution in [0.4, 0.5) is 0 Å². The minimum absolute atomic E-state index is 1.11. The van der Waals surface area contributed by atoms with Gasteiger partial charge in [0.2, 0.25) is 0 Å². The fraction of sp³-hybridized carbons (Fsp3) is 0.462. The first-order valence-corrected chi connectivity index (χ1v) is 5.28. The van der Waals surface area contributed by atoms with Crippen molar-refractivity contribution in [3.05, 3.63) is 42.9 Å². The van der Waals surface area contributed by atoms with E-state index in [1.807, 2.05) is 0 Å². The largest absolute Gasteiger partial charge is 0.0885 e. The molecule has 0 heteroatoms. The van der Waals surface area contributed by atoms with Crippen molar-refractivity contribution in [1.82, 2.24) is 0 Å². The molecule has 0 unspecified atom stereocenters. The molecule has 71 valence electrons. The van der Waals surface area contributed by atoms with Crippen LogP contribution in [-0.2, 0) is 0 Å². The fourth-order valence-corrected chi connectivity index (χ4v) is 1.35. The molecule has 0 aromatic rings. The van der Waals surface area contributed by atoms with Crippen molar-refractivity contribution < 1.29 is 0 Å². The zero-order chi connectivity index (χ0) is 9.19. The van der Waals surface area contributed by atoms with Crippen molar-refractivity contribution in [2.75, 3.05) is 0 Å². The molecule has 1 aliphatic rings. The standard InChI is InChI=1S/C13H19/c1-2-4-6-8-10-12-13-11-9-7-5-3-1/h1-4,7,12-13H,5-6,8-11H2. The number of rotatable bonds is 0. The van der Waals surface area contributed by atoms with E-state index in [0.717, 1.165) is 6.42 Å². The molecule has 0 atom stereocenters. The number of allylic oxidation sites excluding steroid dienone is 6. The first-order chi connectivity index (χ1) is 6.50. The Balaban J connectivity index is 2.28. The Morgan fingerprint density at radius 1 is 0.615 bits per heavy atom. The summed E-state index contributed by atoms with van der Waals surface area (Å²) in [6.07, 6.45) is 23.0. The second kappa shape index (κ2) is 7.85. The highest BCUT2D eigenvalue weighted by molar-refractivity contribution is 5.04. The van der Waals surface area contributed by atoms with Crippen molar-refractivity contribution in [3.63, 3.8) is 0 Å². The van der Waals surface area contributed by atoms with E-state index in [0.29, 0.717) is 0 Å². The molecule has 0 saturated carbocycles. The molecule has 1 rings (SSSR count). The van der Waals surface area contributed by atoms with E-state index in [1.165, 1.54) is 32.1 Å². The minimum Gasteiger partial charge on any atom is -0.0885 e. The summed E-state index contributed by atoms with van der Waals surface area (Å²) in [4.78, 5) is 0. The van der Waals surface area contributed by atoms with Gasteiger partial charge >= 0.3 is 0 Å². The summed E-state index contributed by atoms with van der Waals surface area (Å²) in [6, 6.07) is 0. The second-order valence-electron chi connectivity index (χ2n) is 3.36. The maximum atomic E-state index is 2.34. The summed E-state index contributed by atoms with van der Waals surface area (Å²) in [5.74, 6) is 0. The Morgan fingerprint density at radius 2 is 1.38 bits per heavy atom. The normalized spacial score (nSPS) is 20.3. The van der Waals surface area contributed by atoms with Gasteiger partial charge in [-0.25, -0.2) is 0 Å². The first kappa shape index (κ1) is 10.3. The van der Waals surface area contributed by atoms with Crippen LogP contribution in [-0.4, -0.2) is 0 Å². The van der Waals surface area contributed by atoms with Gasteiger partial charge in [0, 0.05) is 0 Å². The molecule has 1 aliphatic carbocycles. The lowest BCUT2D eigenvalue weighted by molar-refractivity contribution is 0.859. The number of hydrogen-bond donors (Lipinski definition) is 0. The monoisotopic (exact) mass is 175 g/mol. The molecule has 0 aromatic heterocycles. The van der Waals surface area contributed by atoms with Gasteiger partial charge in [0.25, 0.3) is 0 Å². The van der Waals surface area contributed by atoms with Gasteiger partial charge in [-0.1, -0.05) is 36.5 Å². The molecule has 0 amide bonds. The predicted octanol–water partition coefficient (Wildman–Crippen LogP) is 4.21. The Labute approximate surface area is 82.0 Å². The lowest BCUT2D eigenvalue weighted by Crippen LogP contribution is -1.73. The van der Waals surface area contributed by atoms with E-state index in [9.17, 15) is 0 Å². The Morgan fingerprint density at radius 3 is 2.38 bits per heavy atom. The summed E-state index contributed by atoms with van der Waals surface area (Å²) < 4.78 is 0. The van der Waals surface area contributed by atoms with E-state index in [-0.39, 0.29) is 0 Å². The van der Waals surface area contributed by atoms with Crippen LogP contribution in [0.3, 0.4) is 0 Å². The van der Waals surface area contributed by atoms with Crippen LogP contribution in [0.5, 0.6) is 0 Å². The third-order valence-corrected chi connectivity index (χ3v) is 2.13. The van der Waals surface area contributed by atoms with Crippen molar-refractivity contribution >= 4 is 0 Å². The molecule has 0 N–H and O–H groups in total. The molecule has 13 heavy (non-hydrogen) atoms. The molecule has 0 spiro atoms. The zero-order valence-corrected chi connectivity index (χ0v) is 8.28. The van der Waals surface area contributed by atoms with Gasteiger partial charge in [-0.05, 0) is 44.9 Å². The highest BCUT2D eigenvalue weighted by Crippen LogP contribution is 2.04. The van der Waals surface area contributed by atoms with Crippen molar-refractivity contribution in [3.8, 4) is 0 Å². The van der Waals surface area contributed by atoms with Crippen LogP contribution in [0, 0.1) is 6.42 Å². The first-order valence-electron chi connectivity index (χ1n) is 5.28. The van der Waals surface area contributed by atoms with E-state index in [4.69, 9.17) is 0 Å². The summed E-state index contributed by atoms with van der Waals surface area (Å²) in [5, 5.41) is 0. The summed E-state index contributed by atoms with van der Waals surface area (Å²) in [6.45, 7) is 0. The van der Waals surface area contributed by atoms with Gasteiger partial charge in [-0.2, -0.15) is 0 Å². The maximum Gasteiger partial charge on any atom is -0.0316 e. The molecule has 0 saturated heterocycles. The van der Waals surface area contributed by atoms with Crippen LogP contribution in [0.2, 0.25) is 0 Å². The fourth-order valence-electron chi connectivity index (χ4n) is 1.35. The van der Waals surface area contributed by atoms with Gasteiger partial charge in [-0.15, -0.1) is 0 Å². The van der Waals surface area contributed by atoms with Crippen LogP contribution in [0.1, 0.15) is 38.5 Å². The van der Waals surface area contributed by atoms with Crippen LogP contribution in [0.25, 0.3) is 0 Å². The molecule has 0 aliphatic heterocycles. The van der Waals surface area contributed by atoms with Crippen LogP contribution >= 0.6 is 0 Å². The van der Waals surface area contributed by atoms with Gasteiger partial charge in [0.1, 0.15) is 0 Å². The van der Waals surface area contributed by atoms with Gasteiger partial charge in [0.15, 0.2) is 0 Å². The lowest BCUT2D eigenvalue weighted by Gasteiger charge is -1.92. The molecule has 0 nitrogen and oxygen atoms in total. The van der Waals surface area contributed by atoms with E-state index < -0.39 is 0 Å². The molecular formula is C13H19. The summed E-state index contributed by atoms with van der Waals surface area (Å²) in [5.41, 5.74) is 0. The molecule has 0 bridgehead atoms. The quantitative estimate of drug-likeness (QED) is 0.484. The predicted molar refractivity (Wildman–Crippen MR) is 59.4 cm³/mol. The Kier molecular flexibility index (Phi) is 6.22. The van der Waals surface area contributed by atoms with Crippen LogP contribution < -0.4 is 0 Å². The van der Waals surface area contributed by atoms with Gasteiger partial charge in [-0.3, -0.25) is 0 Å². The average Bonchev–Trinajstić information content (AvgIpc) is 2.18. The Bertz CT molecular complexity index is 184. The van der Waals surface area contributed by atoms with E-state index >= 15 is 0 Å². The molecule has 1 radical (unpaired) electrons. The molecular weight excluding hydrogens is 156 g/mol. The van der Waals surface area contributed by atoms with Crippen molar-refractivity contribution in [2.24, 2.45) is 0 Å². The summed E-state index contributed by atoms with van der Waals surface area (Å²) in [7, 11) is 0. The molecule has 0 heterocycles. The number of hydrogen-bond acceptors (Lipinski definition) is 0. The minimum atomic E-state index is 1.11. The average molecular weight is 175 g/mol. The van der Waals surface area contributed by atoms with Crippen molar-refractivity contribution in [1.29, 1.82) is 0 Å². The van der Waals surface area contributed by atoms with Gasteiger partial charge < -0.3 is 0 Å². The highest BCUT2D eigenvalue weighted by atomic mass is 13.9. The second-order valence-corrected chi connectivity index (χ2v) is 3.36.